The molecule has 0 fully saturated rings. The Hall–Kier alpha value is -2.71. The molecule has 2 heterocycles. The van der Waals surface area contributed by atoms with Crippen LogP contribution in [0.1, 0.15) is 5.56 Å². The van der Waals surface area contributed by atoms with Gasteiger partial charge < -0.3 is 4.57 Å². The number of thioether (sulfide) groups is 1. The van der Waals surface area contributed by atoms with Gasteiger partial charge in [0.05, 0.1) is 12.0 Å². The molecule has 132 valence electrons. The molecule has 0 spiro atoms. The maximum absolute atomic E-state index is 11.9. The molecule has 0 aliphatic carbocycles. The van der Waals surface area contributed by atoms with E-state index in [1.54, 1.807) is 30.6 Å². The normalized spacial score (nSPS) is 11.0. The van der Waals surface area contributed by atoms with Crippen LogP contribution in [0.2, 0.25) is 5.02 Å². The molecule has 1 N–H and O–H groups in total. The highest BCUT2D eigenvalue weighted by atomic mass is 35.5. The van der Waals surface area contributed by atoms with Crippen LogP contribution >= 0.6 is 23.4 Å². The third-order valence-corrected chi connectivity index (χ3v) is 4.63. The molecule has 0 radical (unpaired) electrons. The van der Waals surface area contributed by atoms with Crippen LogP contribution in [0.5, 0.6) is 0 Å². The Morgan fingerprint density at radius 2 is 2.12 bits per heavy atom. The van der Waals surface area contributed by atoms with E-state index in [1.165, 1.54) is 18.0 Å². The van der Waals surface area contributed by atoms with Crippen LogP contribution < -0.4 is 5.43 Å². The number of nitrogens with one attached hydrogen (secondary N) is 1. The number of halogens is 1. The van der Waals surface area contributed by atoms with E-state index in [0.717, 1.165) is 11.1 Å². The molecule has 2 aromatic heterocycles. The highest BCUT2D eigenvalue weighted by Gasteiger charge is 2.12. The number of hydrazone groups is 1. The standard InChI is InChI=1S/C17H15ClN6OS/c1-24-16(13-4-6-14(18)7-5-13)22-23-17(24)26-11-15(25)21-20-10-12-3-2-8-19-9-12/h2-10H,11H2,1H3,(H,21,25)/b20-10+. The quantitative estimate of drug-likeness (QED) is 0.400. The number of carbonyl (C=O) groups is 1. The van der Waals surface area contributed by atoms with Crippen molar-refractivity contribution in [3.05, 3.63) is 59.4 Å². The Morgan fingerprint density at radius 3 is 2.85 bits per heavy atom. The molecule has 0 unspecified atom stereocenters. The van der Waals surface area contributed by atoms with Crippen LogP contribution in [0.4, 0.5) is 0 Å². The van der Waals surface area contributed by atoms with Crippen molar-refractivity contribution in [3.63, 3.8) is 0 Å². The number of hydrogen-bond donors (Lipinski definition) is 1. The predicted octanol–water partition coefficient (Wildman–Crippen LogP) is 2.77. The Morgan fingerprint density at radius 1 is 1.31 bits per heavy atom. The van der Waals surface area contributed by atoms with Gasteiger partial charge in [0.1, 0.15) is 0 Å². The summed E-state index contributed by atoms with van der Waals surface area (Å²) in [4.78, 5) is 15.9. The second-order valence-electron chi connectivity index (χ2n) is 5.24. The van der Waals surface area contributed by atoms with Gasteiger partial charge in [-0.1, -0.05) is 29.4 Å². The molecule has 0 bridgehead atoms. The van der Waals surface area contributed by atoms with E-state index in [1.807, 2.05) is 29.8 Å². The van der Waals surface area contributed by atoms with Crippen LogP contribution in [0.25, 0.3) is 11.4 Å². The smallest absolute Gasteiger partial charge is 0.250 e. The maximum Gasteiger partial charge on any atom is 0.250 e. The first-order valence-corrected chi connectivity index (χ1v) is 9.00. The van der Waals surface area contributed by atoms with E-state index in [9.17, 15) is 4.79 Å². The monoisotopic (exact) mass is 386 g/mol. The summed E-state index contributed by atoms with van der Waals surface area (Å²) in [6.45, 7) is 0. The summed E-state index contributed by atoms with van der Waals surface area (Å²) in [7, 11) is 1.85. The maximum atomic E-state index is 11.9. The van der Waals surface area contributed by atoms with Gasteiger partial charge in [0.15, 0.2) is 11.0 Å². The number of carbonyl (C=O) groups excluding carboxylic acids is 1. The molecule has 3 rings (SSSR count). The van der Waals surface area contributed by atoms with Gasteiger partial charge in [-0.3, -0.25) is 9.78 Å². The van der Waals surface area contributed by atoms with Crippen LogP contribution in [0.3, 0.4) is 0 Å². The SMILES string of the molecule is Cn1c(SCC(=O)N/N=C/c2cccnc2)nnc1-c1ccc(Cl)cc1. The fraction of sp³-hybridized carbons (Fsp3) is 0.118. The number of amides is 1. The van der Waals surface area contributed by atoms with E-state index >= 15 is 0 Å². The van der Waals surface area contributed by atoms with Gasteiger partial charge in [0.2, 0.25) is 0 Å². The average Bonchev–Trinajstić information content (AvgIpc) is 3.02. The minimum Gasteiger partial charge on any atom is -0.305 e. The highest BCUT2D eigenvalue weighted by Crippen LogP contribution is 2.23. The zero-order chi connectivity index (χ0) is 18.4. The van der Waals surface area contributed by atoms with E-state index in [-0.39, 0.29) is 11.7 Å². The summed E-state index contributed by atoms with van der Waals surface area (Å²) < 4.78 is 1.83. The molecule has 1 aromatic carbocycles. The topological polar surface area (TPSA) is 85.1 Å². The van der Waals surface area contributed by atoms with Crippen molar-refractivity contribution in [3.8, 4) is 11.4 Å². The van der Waals surface area contributed by atoms with Gasteiger partial charge in [-0.15, -0.1) is 10.2 Å². The number of benzene rings is 1. The Labute approximate surface area is 159 Å². The Bertz CT molecular complexity index is 911. The lowest BCUT2D eigenvalue weighted by atomic mass is 10.2. The van der Waals surface area contributed by atoms with E-state index < -0.39 is 0 Å². The molecule has 1 amide bonds. The second-order valence-corrected chi connectivity index (χ2v) is 6.62. The van der Waals surface area contributed by atoms with Crippen molar-refractivity contribution in [1.29, 1.82) is 0 Å². The first-order valence-electron chi connectivity index (χ1n) is 7.63. The molecule has 0 atom stereocenters. The van der Waals surface area contributed by atoms with Crippen molar-refractivity contribution < 1.29 is 4.79 Å². The number of aromatic nitrogens is 4. The van der Waals surface area contributed by atoms with Gasteiger partial charge in [-0.2, -0.15) is 5.10 Å². The van der Waals surface area contributed by atoms with Gasteiger partial charge >= 0.3 is 0 Å². The van der Waals surface area contributed by atoms with Crippen LogP contribution in [-0.4, -0.2) is 37.6 Å². The molecule has 26 heavy (non-hydrogen) atoms. The zero-order valence-electron chi connectivity index (χ0n) is 13.8. The minimum atomic E-state index is -0.230. The summed E-state index contributed by atoms with van der Waals surface area (Å²) in [5.41, 5.74) is 4.19. The molecule has 0 saturated heterocycles. The molecule has 0 aliphatic rings. The van der Waals surface area contributed by atoms with E-state index in [4.69, 9.17) is 11.6 Å². The van der Waals surface area contributed by atoms with Gasteiger partial charge in [-0.25, -0.2) is 5.43 Å². The number of pyridine rings is 1. The fourth-order valence-corrected chi connectivity index (χ4v) is 2.91. The van der Waals surface area contributed by atoms with Gasteiger partial charge in [0.25, 0.3) is 5.91 Å². The predicted molar refractivity (Wildman–Crippen MR) is 102 cm³/mol. The van der Waals surface area contributed by atoms with Crippen molar-refractivity contribution >= 4 is 35.5 Å². The minimum absolute atomic E-state index is 0.178. The summed E-state index contributed by atoms with van der Waals surface area (Å²) in [6.07, 6.45) is 4.87. The first kappa shape index (κ1) is 18.1. The van der Waals surface area contributed by atoms with Crippen molar-refractivity contribution in [2.45, 2.75) is 5.16 Å². The lowest BCUT2D eigenvalue weighted by Gasteiger charge is -2.03. The highest BCUT2D eigenvalue weighted by molar-refractivity contribution is 7.99. The summed E-state index contributed by atoms with van der Waals surface area (Å²) in [6, 6.07) is 11.0. The summed E-state index contributed by atoms with van der Waals surface area (Å²) >= 11 is 7.19. The molecule has 0 saturated carbocycles. The van der Waals surface area contributed by atoms with Crippen LogP contribution in [0.15, 0.2) is 59.0 Å². The second kappa shape index (κ2) is 8.59. The third kappa shape index (κ3) is 4.68. The summed E-state index contributed by atoms with van der Waals surface area (Å²) in [5, 5.41) is 13.5. The van der Waals surface area contributed by atoms with Crippen LogP contribution in [0, 0.1) is 0 Å². The fourth-order valence-electron chi connectivity index (χ4n) is 2.08. The lowest BCUT2D eigenvalue weighted by Crippen LogP contribution is -2.19. The third-order valence-electron chi connectivity index (χ3n) is 3.36. The average molecular weight is 387 g/mol. The lowest BCUT2D eigenvalue weighted by molar-refractivity contribution is -0.118. The number of hydrogen-bond acceptors (Lipinski definition) is 6. The molecular formula is C17H15ClN6OS. The van der Waals surface area contributed by atoms with E-state index in [0.29, 0.717) is 16.0 Å². The van der Waals surface area contributed by atoms with Crippen molar-refractivity contribution in [2.75, 3.05) is 5.75 Å². The summed E-state index contributed by atoms with van der Waals surface area (Å²) in [5.74, 6) is 0.655. The van der Waals surface area contributed by atoms with Crippen LogP contribution in [-0.2, 0) is 11.8 Å². The first-order chi connectivity index (χ1) is 12.6. The van der Waals surface area contributed by atoms with Crippen molar-refractivity contribution in [2.24, 2.45) is 12.1 Å². The Balaban J connectivity index is 1.55. The van der Waals surface area contributed by atoms with Crippen molar-refractivity contribution in [1.82, 2.24) is 25.2 Å². The largest absolute Gasteiger partial charge is 0.305 e. The van der Waals surface area contributed by atoms with Gasteiger partial charge in [-0.05, 0) is 30.3 Å². The zero-order valence-corrected chi connectivity index (χ0v) is 15.4. The molecule has 9 heteroatoms. The molecule has 3 aromatic rings. The van der Waals surface area contributed by atoms with Gasteiger partial charge in [0, 0.05) is 35.6 Å². The molecular weight excluding hydrogens is 372 g/mol. The number of rotatable bonds is 6. The van der Waals surface area contributed by atoms with E-state index in [2.05, 4.69) is 25.7 Å². The molecule has 7 nitrogen and oxygen atoms in total. The Kier molecular flexibility index (Phi) is 5.98. The molecule has 0 aliphatic heterocycles. The number of nitrogens with zero attached hydrogens (tertiary/aromatic N) is 5.